The van der Waals surface area contributed by atoms with E-state index in [0.717, 1.165) is 10.4 Å². The second kappa shape index (κ2) is 7.78. The summed E-state index contributed by atoms with van der Waals surface area (Å²) in [5, 5.41) is 11.5. The van der Waals surface area contributed by atoms with E-state index < -0.39 is 11.9 Å². The van der Waals surface area contributed by atoms with Gasteiger partial charge in [0, 0.05) is 11.4 Å². The first kappa shape index (κ1) is 17.0. The largest absolute Gasteiger partial charge is 0.492 e. The summed E-state index contributed by atoms with van der Waals surface area (Å²) in [5.74, 6) is -1.36. The molecule has 5 nitrogen and oxygen atoms in total. The molecular formula is C17H19NO4S. The number of amides is 1. The number of carboxylic acids is 1. The highest BCUT2D eigenvalue weighted by molar-refractivity contribution is 7.17. The predicted octanol–water partition coefficient (Wildman–Crippen LogP) is 3.26. The Balaban J connectivity index is 2.21. The van der Waals surface area contributed by atoms with E-state index in [9.17, 15) is 9.59 Å². The molecule has 0 saturated carbocycles. The van der Waals surface area contributed by atoms with Crippen LogP contribution in [0.2, 0.25) is 0 Å². The number of hydrogen-bond donors (Lipinski definition) is 2. The molecule has 2 rings (SSSR count). The van der Waals surface area contributed by atoms with Gasteiger partial charge in [0.25, 0.3) is 5.91 Å². The van der Waals surface area contributed by atoms with Crippen LogP contribution in [0.5, 0.6) is 5.75 Å². The monoisotopic (exact) mass is 333 g/mol. The maximum absolute atomic E-state index is 12.3. The first-order chi connectivity index (χ1) is 11.0. The van der Waals surface area contributed by atoms with Crippen LogP contribution in [0.15, 0.2) is 36.4 Å². The molecule has 1 amide bonds. The number of carboxylic acid groups (broad SMARTS) is 1. The van der Waals surface area contributed by atoms with Crippen molar-refractivity contribution in [2.24, 2.45) is 5.92 Å². The molecule has 0 spiro atoms. The minimum Gasteiger partial charge on any atom is -0.492 e. The van der Waals surface area contributed by atoms with Crippen molar-refractivity contribution < 1.29 is 19.4 Å². The van der Waals surface area contributed by atoms with Crippen LogP contribution in [-0.4, -0.2) is 30.1 Å². The summed E-state index contributed by atoms with van der Waals surface area (Å²) in [7, 11) is 0. The zero-order chi connectivity index (χ0) is 16.8. The van der Waals surface area contributed by atoms with Gasteiger partial charge >= 0.3 is 5.97 Å². The molecule has 0 aliphatic heterocycles. The molecule has 0 radical (unpaired) electrons. The fourth-order valence-electron chi connectivity index (χ4n) is 1.95. The Labute approximate surface area is 138 Å². The minimum atomic E-state index is -0.938. The Morgan fingerprint density at radius 3 is 2.61 bits per heavy atom. The SMILES string of the molecule is CCOc1cc(-c2ccccc2)sc1C(=O)NCC(C)C(=O)O. The van der Waals surface area contributed by atoms with E-state index >= 15 is 0 Å². The van der Waals surface area contributed by atoms with Gasteiger partial charge in [-0.25, -0.2) is 0 Å². The van der Waals surface area contributed by atoms with Gasteiger partial charge in [-0.3, -0.25) is 9.59 Å². The highest BCUT2D eigenvalue weighted by atomic mass is 32.1. The van der Waals surface area contributed by atoms with Gasteiger partial charge in [0.1, 0.15) is 10.6 Å². The van der Waals surface area contributed by atoms with E-state index in [0.29, 0.717) is 17.2 Å². The van der Waals surface area contributed by atoms with Gasteiger partial charge in [-0.1, -0.05) is 37.3 Å². The summed E-state index contributed by atoms with van der Waals surface area (Å²) < 4.78 is 5.55. The Morgan fingerprint density at radius 1 is 1.30 bits per heavy atom. The summed E-state index contributed by atoms with van der Waals surface area (Å²) in [6, 6.07) is 11.6. The molecule has 0 bridgehead atoms. The van der Waals surface area contributed by atoms with Gasteiger partial charge in [-0.05, 0) is 18.6 Å². The number of aliphatic carboxylic acids is 1. The number of ether oxygens (including phenoxy) is 1. The summed E-state index contributed by atoms with van der Waals surface area (Å²) in [6.45, 7) is 3.94. The lowest BCUT2D eigenvalue weighted by atomic mass is 10.2. The second-order valence-electron chi connectivity index (χ2n) is 5.05. The Kier molecular flexibility index (Phi) is 5.76. The third-order valence-corrected chi connectivity index (χ3v) is 4.42. The van der Waals surface area contributed by atoms with E-state index in [4.69, 9.17) is 9.84 Å². The Morgan fingerprint density at radius 2 is 2.00 bits per heavy atom. The molecule has 0 fully saturated rings. The lowest BCUT2D eigenvalue weighted by Crippen LogP contribution is -2.31. The molecule has 1 aromatic carbocycles. The molecule has 6 heteroatoms. The lowest BCUT2D eigenvalue weighted by Gasteiger charge is -2.08. The number of benzene rings is 1. The van der Waals surface area contributed by atoms with Crippen LogP contribution in [0.4, 0.5) is 0 Å². The van der Waals surface area contributed by atoms with Gasteiger partial charge in [-0.15, -0.1) is 11.3 Å². The average Bonchev–Trinajstić information content (AvgIpc) is 2.97. The van der Waals surface area contributed by atoms with Crippen LogP contribution in [0.1, 0.15) is 23.5 Å². The molecule has 1 heterocycles. The van der Waals surface area contributed by atoms with Crippen molar-refractivity contribution in [3.63, 3.8) is 0 Å². The maximum Gasteiger partial charge on any atom is 0.308 e. The van der Waals surface area contributed by atoms with E-state index in [1.807, 2.05) is 43.3 Å². The van der Waals surface area contributed by atoms with Gasteiger partial charge in [0.2, 0.25) is 0 Å². The van der Waals surface area contributed by atoms with Crippen molar-refractivity contribution in [2.45, 2.75) is 13.8 Å². The lowest BCUT2D eigenvalue weighted by molar-refractivity contribution is -0.140. The molecule has 23 heavy (non-hydrogen) atoms. The molecule has 0 saturated heterocycles. The number of carbonyl (C=O) groups is 2. The van der Waals surface area contributed by atoms with Crippen LogP contribution in [-0.2, 0) is 4.79 Å². The summed E-state index contributed by atoms with van der Waals surface area (Å²) in [4.78, 5) is 24.6. The van der Waals surface area contributed by atoms with Crippen molar-refractivity contribution in [3.8, 4) is 16.2 Å². The molecule has 2 aromatic rings. The molecule has 1 aromatic heterocycles. The smallest absolute Gasteiger partial charge is 0.308 e. The van der Waals surface area contributed by atoms with Crippen molar-refractivity contribution in [1.82, 2.24) is 5.32 Å². The van der Waals surface area contributed by atoms with Crippen molar-refractivity contribution in [1.29, 1.82) is 0 Å². The number of hydrogen-bond acceptors (Lipinski definition) is 4. The third kappa shape index (κ3) is 4.32. The van der Waals surface area contributed by atoms with Gasteiger partial charge in [-0.2, -0.15) is 0 Å². The zero-order valence-corrected chi connectivity index (χ0v) is 13.9. The number of nitrogens with one attached hydrogen (secondary N) is 1. The average molecular weight is 333 g/mol. The summed E-state index contributed by atoms with van der Waals surface area (Å²) in [6.07, 6.45) is 0. The molecule has 0 aliphatic rings. The summed E-state index contributed by atoms with van der Waals surface area (Å²) in [5.41, 5.74) is 1.01. The molecule has 1 atom stereocenters. The van der Waals surface area contributed by atoms with Gasteiger partial charge in [0.15, 0.2) is 0 Å². The molecule has 122 valence electrons. The van der Waals surface area contributed by atoms with Crippen molar-refractivity contribution in [2.75, 3.05) is 13.2 Å². The van der Waals surface area contributed by atoms with Crippen molar-refractivity contribution >= 4 is 23.2 Å². The Bertz CT molecular complexity index is 681. The number of thiophene rings is 1. The van der Waals surface area contributed by atoms with Crippen molar-refractivity contribution in [3.05, 3.63) is 41.3 Å². The van der Waals surface area contributed by atoms with Crippen LogP contribution in [0.25, 0.3) is 10.4 Å². The number of rotatable bonds is 7. The van der Waals surface area contributed by atoms with Crippen LogP contribution in [0, 0.1) is 5.92 Å². The van der Waals surface area contributed by atoms with Gasteiger partial charge in [0.05, 0.1) is 12.5 Å². The van der Waals surface area contributed by atoms with E-state index in [1.165, 1.54) is 11.3 Å². The Hall–Kier alpha value is -2.34. The fraction of sp³-hybridized carbons (Fsp3) is 0.294. The molecule has 2 N–H and O–H groups in total. The normalized spacial score (nSPS) is 11.7. The van der Waals surface area contributed by atoms with E-state index in [1.54, 1.807) is 6.92 Å². The maximum atomic E-state index is 12.3. The van der Waals surface area contributed by atoms with Crippen LogP contribution < -0.4 is 10.1 Å². The van der Waals surface area contributed by atoms with Crippen LogP contribution >= 0.6 is 11.3 Å². The predicted molar refractivity (Wildman–Crippen MR) is 90.1 cm³/mol. The third-order valence-electron chi connectivity index (χ3n) is 3.25. The zero-order valence-electron chi connectivity index (χ0n) is 13.0. The first-order valence-corrected chi connectivity index (χ1v) is 8.17. The van der Waals surface area contributed by atoms with Gasteiger partial charge < -0.3 is 15.2 Å². The van der Waals surface area contributed by atoms with Crippen LogP contribution in [0.3, 0.4) is 0 Å². The molecular weight excluding hydrogens is 314 g/mol. The van der Waals surface area contributed by atoms with E-state index in [2.05, 4.69) is 5.32 Å². The number of carbonyl (C=O) groups excluding carboxylic acids is 1. The quantitative estimate of drug-likeness (QED) is 0.815. The first-order valence-electron chi connectivity index (χ1n) is 7.36. The molecule has 0 aliphatic carbocycles. The minimum absolute atomic E-state index is 0.0816. The summed E-state index contributed by atoms with van der Waals surface area (Å²) >= 11 is 1.34. The topological polar surface area (TPSA) is 75.6 Å². The fourth-order valence-corrected chi connectivity index (χ4v) is 2.98. The highest BCUT2D eigenvalue weighted by Crippen LogP contribution is 2.36. The second-order valence-corrected chi connectivity index (χ2v) is 6.10. The van der Waals surface area contributed by atoms with E-state index in [-0.39, 0.29) is 12.5 Å². The standard InChI is InChI=1S/C17H19NO4S/c1-3-22-13-9-14(12-7-5-4-6-8-12)23-15(13)16(19)18-10-11(2)17(20)21/h4-9,11H,3,10H2,1-2H3,(H,18,19)(H,20,21). The highest BCUT2D eigenvalue weighted by Gasteiger charge is 2.20. The molecule has 1 unspecified atom stereocenters.